The molecule has 9 heteroatoms. The normalized spacial score (nSPS) is 10.5. The number of hydrogen-bond acceptors (Lipinski definition) is 8. The molecule has 21 heavy (non-hydrogen) atoms. The van der Waals surface area contributed by atoms with Crippen molar-refractivity contribution in [2.75, 3.05) is 17.2 Å². The number of furan rings is 1. The van der Waals surface area contributed by atoms with E-state index in [0.29, 0.717) is 30.9 Å². The van der Waals surface area contributed by atoms with Gasteiger partial charge in [0.1, 0.15) is 12.7 Å². The Kier molecular flexibility index (Phi) is 3.72. The van der Waals surface area contributed by atoms with Crippen molar-refractivity contribution in [2.45, 2.75) is 13.5 Å². The van der Waals surface area contributed by atoms with Crippen molar-refractivity contribution in [3.63, 3.8) is 0 Å². The van der Waals surface area contributed by atoms with Gasteiger partial charge in [0.15, 0.2) is 0 Å². The summed E-state index contributed by atoms with van der Waals surface area (Å²) in [6.07, 6.45) is 6.24. The minimum atomic E-state index is 0.396. The second kappa shape index (κ2) is 5.99. The molecule has 0 saturated carbocycles. The summed E-state index contributed by atoms with van der Waals surface area (Å²) >= 11 is 0. The van der Waals surface area contributed by atoms with Crippen LogP contribution >= 0.6 is 0 Å². The number of rotatable bonds is 6. The molecule has 3 rings (SSSR count). The van der Waals surface area contributed by atoms with E-state index < -0.39 is 0 Å². The molecule has 9 nitrogen and oxygen atoms in total. The lowest BCUT2D eigenvalue weighted by Gasteiger charge is -2.08. The van der Waals surface area contributed by atoms with Gasteiger partial charge in [-0.25, -0.2) is 4.98 Å². The molecule has 0 unspecified atom stereocenters. The maximum atomic E-state index is 5.02. The molecule has 0 bridgehead atoms. The Morgan fingerprint density at radius 2 is 2.05 bits per heavy atom. The molecule has 0 aromatic carbocycles. The van der Waals surface area contributed by atoms with Gasteiger partial charge in [0.2, 0.25) is 11.9 Å². The van der Waals surface area contributed by atoms with E-state index in [2.05, 4.69) is 35.7 Å². The van der Waals surface area contributed by atoms with Gasteiger partial charge >= 0.3 is 0 Å². The van der Waals surface area contributed by atoms with E-state index >= 15 is 0 Å². The van der Waals surface area contributed by atoms with Gasteiger partial charge in [0.05, 0.1) is 12.5 Å². The minimum Gasteiger partial charge on any atom is -0.472 e. The first-order valence-electron chi connectivity index (χ1n) is 6.45. The summed E-state index contributed by atoms with van der Waals surface area (Å²) in [7, 11) is 0. The second-order valence-electron chi connectivity index (χ2n) is 4.14. The third-order valence-electron chi connectivity index (χ3n) is 2.61. The molecule has 0 fully saturated rings. The monoisotopic (exact) mass is 286 g/mol. The van der Waals surface area contributed by atoms with Crippen LogP contribution in [0.15, 0.2) is 35.7 Å². The molecule has 0 aliphatic heterocycles. The van der Waals surface area contributed by atoms with Crippen LogP contribution < -0.4 is 10.6 Å². The van der Waals surface area contributed by atoms with E-state index in [1.165, 1.54) is 17.3 Å². The van der Waals surface area contributed by atoms with Gasteiger partial charge < -0.3 is 15.1 Å². The molecular weight excluding hydrogens is 272 g/mol. The molecule has 0 aliphatic rings. The Hall–Kier alpha value is -2.97. The third kappa shape index (κ3) is 3.14. The van der Waals surface area contributed by atoms with E-state index in [9.17, 15) is 0 Å². The van der Waals surface area contributed by atoms with Crippen LogP contribution in [0.5, 0.6) is 0 Å². The lowest BCUT2D eigenvalue weighted by atomic mass is 10.3. The predicted molar refractivity (Wildman–Crippen MR) is 74.9 cm³/mol. The predicted octanol–water partition coefficient (Wildman–Crippen LogP) is 1.09. The highest BCUT2D eigenvalue weighted by molar-refractivity contribution is 5.38. The molecule has 0 atom stereocenters. The maximum absolute atomic E-state index is 5.02. The van der Waals surface area contributed by atoms with E-state index in [1.54, 1.807) is 12.5 Å². The van der Waals surface area contributed by atoms with Crippen LogP contribution in [0, 0.1) is 0 Å². The van der Waals surface area contributed by atoms with Gasteiger partial charge in [0, 0.05) is 18.7 Å². The summed E-state index contributed by atoms with van der Waals surface area (Å²) < 4.78 is 6.50. The van der Waals surface area contributed by atoms with Crippen LogP contribution in [0.3, 0.4) is 0 Å². The summed E-state index contributed by atoms with van der Waals surface area (Å²) in [6.45, 7) is 3.24. The lowest BCUT2D eigenvalue weighted by Crippen LogP contribution is -2.12. The average molecular weight is 286 g/mol. The molecule has 3 heterocycles. The summed E-state index contributed by atoms with van der Waals surface area (Å²) in [4.78, 5) is 16.8. The Bertz CT molecular complexity index is 679. The fraction of sp³-hybridized carbons (Fsp3) is 0.250. The molecule has 0 radical (unpaired) electrons. The minimum absolute atomic E-state index is 0.396. The van der Waals surface area contributed by atoms with Crippen molar-refractivity contribution in [1.29, 1.82) is 0 Å². The zero-order chi connectivity index (χ0) is 14.5. The first kappa shape index (κ1) is 13.0. The Morgan fingerprint density at radius 1 is 1.19 bits per heavy atom. The molecule has 0 spiro atoms. The van der Waals surface area contributed by atoms with Gasteiger partial charge in [0.25, 0.3) is 5.95 Å². The molecule has 2 N–H and O–H groups in total. The second-order valence-corrected chi connectivity index (χ2v) is 4.14. The Morgan fingerprint density at radius 3 is 2.71 bits per heavy atom. The van der Waals surface area contributed by atoms with Crippen LogP contribution in [-0.2, 0) is 6.54 Å². The average Bonchev–Trinajstić information content (AvgIpc) is 3.19. The largest absolute Gasteiger partial charge is 0.472 e. The van der Waals surface area contributed by atoms with Crippen molar-refractivity contribution in [3.8, 4) is 5.95 Å². The van der Waals surface area contributed by atoms with E-state index in [1.807, 2.05) is 13.0 Å². The first-order chi connectivity index (χ1) is 10.3. The Balaban J connectivity index is 1.84. The zero-order valence-electron chi connectivity index (χ0n) is 11.4. The van der Waals surface area contributed by atoms with Gasteiger partial charge in [-0.15, -0.1) is 0 Å². The number of hydrogen-bond donors (Lipinski definition) is 2. The SMILES string of the molecule is CCNc1nc(NCc2ccoc2)nc(-n2cncn2)n1. The molecule has 3 aromatic rings. The highest BCUT2D eigenvalue weighted by atomic mass is 16.3. The summed E-state index contributed by atoms with van der Waals surface area (Å²) in [5.74, 6) is 1.33. The van der Waals surface area contributed by atoms with Gasteiger partial charge in [-0.2, -0.15) is 24.7 Å². The fourth-order valence-corrected chi connectivity index (χ4v) is 1.67. The number of anilines is 2. The smallest absolute Gasteiger partial charge is 0.258 e. The molecule has 3 aromatic heterocycles. The van der Waals surface area contributed by atoms with Gasteiger partial charge in [-0.3, -0.25) is 0 Å². The van der Waals surface area contributed by atoms with Gasteiger partial charge in [-0.05, 0) is 13.0 Å². The standard InChI is InChI=1S/C12H14N8O/c1-2-14-10-17-11(15-5-9-3-4-21-6-9)19-12(18-10)20-8-13-7-16-20/h3-4,6-8H,2,5H2,1H3,(H2,14,15,17,18,19). The number of aromatic nitrogens is 6. The van der Waals surface area contributed by atoms with E-state index in [-0.39, 0.29) is 0 Å². The van der Waals surface area contributed by atoms with Crippen LogP contribution in [0.2, 0.25) is 0 Å². The van der Waals surface area contributed by atoms with Crippen molar-refractivity contribution >= 4 is 11.9 Å². The van der Waals surface area contributed by atoms with Crippen LogP contribution in [0.4, 0.5) is 11.9 Å². The number of nitrogens with one attached hydrogen (secondary N) is 2. The van der Waals surface area contributed by atoms with Crippen molar-refractivity contribution < 1.29 is 4.42 Å². The third-order valence-corrected chi connectivity index (χ3v) is 2.61. The van der Waals surface area contributed by atoms with E-state index in [4.69, 9.17) is 4.42 Å². The molecule has 0 amide bonds. The maximum Gasteiger partial charge on any atom is 0.258 e. The summed E-state index contributed by atoms with van der Waals surface area (Å²) in [5.41, 5.74) is 1.00. The summed E-state index contributed by atoms with van der Waals surface area (Å²) in [5, 5.41) is 10.2. The first-order valence-corrected chi connectivity index (χ1v) is 6.45. The van der Waals surface area contributed by atoms with Crippen LogP contribution in [0.1, 0.15) is 12.5 Å². The summed E-state index contributed by atoms with van der Waals surface area (Å²) in [6, 6.07) is 1.87. The molecular formula is C12H14N8O. The van der Waals surface area contributed by atoms with Crippen molar-refractivity contribution in [1.82, 2.24) is 29.7 Å². The Labute approximate surface area is 120 Å². The van der Waals surface area contributed by atoms with Crippen molar-refractivity contribution in [3.05, 3.63) is 36.8 Å². The fourth-order valence-electron chi connectivity index (χ4n) is 1.67. The van der Waals surface area contributed by atoms with Gasteiger partial charge in [-0.1, -0.05) is 0 Å². The zero-order valence-corrected chi connectivity index (χ0v) is 11.4. The van der Waals surface area contributed by atoms with Crippen LogP contribution in [-0.4, -0.2) is 36.3 Å². The quantitative estimate of drug-likeness (QED) is 0.693. The highest BCUT2D eigenvalue weighted by Gasteiger charge is 2.08. The topological polar surface area (TPSA) is 107 Å². The number of nitrogens with zero attached hydrogens (tertiary/aromatic N) is 6. The molecule has 0 aliphatic carbocycles. The lowest BCUT2D eigenvalue weighted by molar-refractivity contribution is 0.564. The molecule has 108 valence electrons. The van der Waals surface area contributed by atoms with Crippen LogP contribution in [0.25, 0.3) is 5.95 Å². The highest BCUT2D eigenvalue weighted by Crippen LogP contribution is 2.10. The molecule has 0 saturated heterocycles. The van der Waals surface area contributed by atoms with E-state index in [0.717, 1.165) is 5.56 Å². The van der Waals surface area contributed by atoms with Crippen molar-refractivity contribution in [2.24, 2.45) is 0 Å².